The summed E-state index contributed by atoms with van der Waals surface area (Å²) in [6.45, 7) is 5.65. The van der Waals surface area contributed by atoms with Crippen LogP contribution < -0.4 is 5.73 Å². The molecular formula is C11H24N2S. The van der Waals surface area contributed by atoms with E-state index >= 15 is 0 Å². The van der Waals surface area contributed by atoms with Crippen LogP contribution in [-0.2, 0) is 0 Å². The molecule has 1 atom stereocenters. The van der Waals surface area contributed by atoms with Gasteiger partial charge in [0.1, 0.15) is 0 Å². The second kappa shape index (κ2) is 7.55. The molecule has 0 aromatic carbocycles. The first-order valence-electron chi connectivity index (χ1n) is 5.90. The van der Waals surface area contributed by atoms with Crippen molar-refractivity contribution in [3.05, 3.63) is 0 Å². The lowest BCUT2D eigenvalue weighted by atomic mass is 9.99. The number of hydrogen-bond acceptors (Lipinski definition) is 3. The Labute approximate surface area is 92.6 Å². The third kappa shape index (κ3) is 4.20. The average molecular weight is 216 g/mol. The molecule has 2 N–H and O–H groups in total. The molecule has 3 heteroatoms. The Morgan fingerprint density at radius 2 is 2.29 bits per heavy atom. The van der Waals surface area contributed by atoms with Crippen LogP contribution in [0.2, 0.25) is 0 Å². The van der Waals surface area contributed by atoms with Gasteiger partial charge in [0.15, 0.2) is 0 Å². The largest absolute Gasteiger partial charge is 0.330 e. The van der Waals surface area contributed by atoms with Gasteiger partial charge in [-0.25, -0.2) is 0 Å². The van der Waals surface area contributed by atoms with E-state index in [1.807, 2.05) is 11.8 Å². The normalized spacial score (nSPS) is 24.0. The molecule has 1 fully saturated rings. The summed E-state index contributed by atoms with van der Waals surface area (Å²) in [4.78, 5) is 2.65. The molecule has 0 aromatic rings. The predicted molar refractivity (Wildman–Crippen MR) is 65.9 cm³/mol. The van der Waals surface area contributed by atoms with Crippen molar-refractivity contribution in [2.45, 2.75) is 38.6 Å². The highest BCUT2D eigenvalue weighted by Crippen LogP contribution is 2.19. The fourth-order valence-electron chi connectivity index (χ4n) is 2.20. The predicted octanol–water partition coefficient (Wildman–Crippen LogP) is 1.94. The standard InChI is InChI=1S/C11H24N2S/c1-2-14-10-9-13-8-4-3-5-11(13)6-7-12/h11H,2-10,12H2,1H3. The van der Waals surface area contributed by atoms with Gasteiger partial charge in [-0.3, -0.25) is 4.90 Å². The Kier molecular flexibility index (Phi) is 6.65. The second-order valence-corrected chi connectivity index (χ2v) is 5.35. The zero-order chi connectivity index (χ0) is 10.2. The van der Waals surface area contributed by atoms with Crippen LogP contribution in [0.5, 0.6) is 0 Å². The highest BCUT2D eigenvalue weighted by molar-refractivity contribution is 7.99. The minimum atomic E-state index is 0.784. The van der Waals surface area contributed by atoms with Gasteiger partial charge in [-0.1, -0.05) is 13.3 Å². The number of likely N-dealkylation sites (tertiary alicyclic amines) is 1. The van der Waals surface area contributed by atoms with Gasteiger partial charge in [0, 0.05) is 18.3 Å². The van der Waals surface area contributed by atoms with E-state index in [1.54, 1.807) is 0 Å². The Hall–Kier alpha value is 0.270. The van der Waals surface area contributed by atoms with Crippen LogP contribution >= 0.6 is 11.8 Å². The molecule has 1 saturated heterocycles. The van der Waals surface area contributed by atoms with E-state index < -0.39 is 0 Å². The monoisotopic (exact) mass is 216 g/mol. The maximum atomic E-state index is 5.64. The van der Waals surface area contributed by atoms with Crippen LogP contribution in [0.1, 0.15) is 32.6 Å². The number of thioether (sulfide) groups is 1. The molecule has 0 radical (unpaired) electrons. The summed E-state index contributed by atoms with van der Waals surface area (Å²) in [5.41, 5.74) is 5.64. The summed E-state index contributed by atoms with van der Waals surface area (Å²) in [6, 6.07) is 0.784. The number of hydrogen-bond donors (Lipinski definition) is 1. The lowest BCUT2D eigenvalue weighted by molar-refractivity contribution is 0.151. The summed E-state index contributed by atoms with van der Waals surface area (Å²) in [7, 11) is 0. The van der Waals surface area contributed by atoms with Crippen LogP contribution in [0.25, 0.3) is 0 Å². The van der Waals surface area contributed by atoms with Gasteiger partial charge < -0.3 is 5.73 Å². The maximum Gasteiger partial charge on any atom is 0.0108 e. The highest BCUT2D eigenvalue weighted by atomic mass is 32.2. The van der Waals surface area contributed by atoms with Gasteiger partial charge in [-0.2, -0.15) is 11.8 Å². The van der Waals surface area contributed by atoms with E-state index in [4.69, 9.17) is 5.73 Å². The van der Waals surface area contributed by atoms with Gasteiger partial charge in [0.25, 0.3) is 0 Å². The van der Waals surface area contributed by atoms with Crippen molar-refractivity contribution in [2.75, 3.05) is 31.1 Å². The summed E-state index contributed by atoms with van der Waals surface area (Å²) < 4.78 is 0. The van der Waals surface area contributed by atoms with Gasteiger partial charge in [-0.05, 0) is 38.1 Å². The summed E-state index contributed by atoms with van der Waals surface area (Å²) in [5, 5.41) is 0. The number of nitrogens with two attached hydrogens (primary N) is 1. The third-order valence-corrected chi connectivity index (χ3v) is 3.86. The van der Waals surface area contributed by atoms with E-state index in [-0.39, 0.29) is 0 Å². The van der Waals surface area contributed by atoms with Crippen molar-refractivity contribution >= 4 is 11.8 Å². The highest BCUT2D eigenvalue weighted by Gasteiger charge is 2.20. The molecule has 0 bridgehead atoms. The first-order valence-corrected chi connectivity index (χ1v) is 7.05. The molecule has 0 aromatic heterocycles. The summed E-state index contributed by atoms with van der Waals surface area (Å²) in [5.74, 6) is 2.53. The second-order valence-electron chi connectivity index (χ2n) is 3.96. The lowest BCUT2D eigenvalue weighted by Crippen LogP contribution is -2.41. The molecule has 1 heterocycles. The topological polar surface area (TPSA) is 29.3 Å². The Morgan fingerprint density at radius 1 is 1.43 bits per heavy atom. The third-order valence-electron chi connectivity index (χ3n) is 2.98. The molecule has 0 saturated carbocycles. The van der Waals surface area contributed by atoms with E-state index in [0.29, 0.717) is 0 Å². The molecule has 14 heavy (non-hydrogen) atoms. The van der Waals surface area contributed by atoms with Crippen LogP contribution in [0.4, 0.5) is 0 Å². The zero-order valence-corrected chi connectivity index (χ0v) is 10.2. The van der Waals surface area contributed by atoms with Crippen molar-refractivity contribution in [1.82, 2.24) is 4.90 Å². The van der Waals surface area contributed by atoms with E-state index in [0.717, 1.165) is 12.6 Å². The maximum absolute atomic E-state index is 5.64. The first kappa shape index (κ1) is 12.3. The van der Waals surface area contributed by atoms with E-state index in [2.05, 4.69) is 11.8 Å². The van der Waals surface area contributed by atoms with Crippen molar-refractivity contribution < 1.29 is 0 Å². The van der Waals surface area contributed by atoms with Gasteiger partial charge in [0.2, 0.25) is 0 Å². The molecule has 0 amide bonds. The van der Waals surface area contributed by atoms with E-state index in [1.165, 1.54) is 50.3 Å². The molecule has 1 unspecified atom stereocenters. The zero-order valence-electron chi connectivity index (χ0n) is 9.37. The van der Waals surface area contributed by atoms with Gasteiger partial charge >= 0.3 is 0 Å². The Balaban J connectivity index is 2.22. The van der Waals surface area contributed by atoms with Crippen LogP contribution in [0, 0.1) is 0 Å². The minimum Gasteiger partial charge on any atom is -0.330 e. The number of rotatable bonds is 6. The van der Waals surface area contributed by atoms with Crippen molar-refractivity contribution in [3.63, 3.8) is 0 Å². The van der Waals surface area contributed by atoms with Crippen LogP contribution in [0.15, 0.2) is 0 Å². The van der Waals surface area contributed by atoms with Crippen molar-refractivity contribution in [2.24, 2.45) is 5.73 Å². The van der Waals surface area contributed by atoms with Gasteiger partial charge in [-0.15, -0.1) is 0 Å². The Morgan fingerprint density at radius 3 is 3.00 bits per heavy atom. The smallest absolute Gasteiger partial charge is 0.0108 e. The summed E-state index contributed by atoms with van der Waals surface area (Å²) >= 11 is 2.05. The van der Waals surface area contributed by atoms with Crippen molar-refractivity contribution in [3.8, 4) is 0 Å². The molecule has 84 valence electrons. The molecular weight excluding hydrogens is 192 g/mol. The molecule has 1 aliphatic heterocycles. The molecule has 0 spiro atoms. The fraction of sp³-hybridized carbons (Fsp3) is 1.00. The average Bonchev–Trinajstić information content (AvgIpc) is 2.21. The van der Waals surface area contributed by atoms with Crippen LogP contribution in [-0.4, -0.2) is 42.1 Å². The number of piperidine rings is 1. The first-order chi connectivity index (χ1) is 6.88. The Bertz CT molecular complexity index is 139. The van der Waals surface area contributed by atoms with Crippen LogP contribution in [0.3, 0.4) is 0 Å². The number of nitrogens with zero attached hydrogens (tertiary/aromatic N) is 1. The van der Waals surface area contributed by atoms with E-state index in [9.17, 15) is 0 Å². The van der Waals surface area contributed by atoms with Gasteiger partial charge in [0.05, 0.1) is 0 Å². The molecule has 0 aliphatic carbocycles. The molecule has 2 nitrogen and oxygen atoms in total. The fourth-order valence-corrected chi connectivity index (χ4v) is 2.85. The van der Waals surface area contributed by atoms with Crippen molar-refractivity contribution in [1.29, 1.82) is 0 Å². The SMILES string of the molecule is CCSCCN1CCCCC1CCN. The molecule has 1 aliphatic rings. The minimum absolute atomic E-state index is 0.784. The molecule has 1 rings (SSSR count). The summed E-state index contributed by atoms with van der Waals surface area (Å²) in [6.07, 6.45) is 5.35. The lowest BCUT2D eigenvalue weighted by Gasteiger charge is -2.35. The quantitative estimate of drug-likeness (QED) is 0.688.